The lowest BCUT2D eigenvalue weighted by Crippen LogP contribution is -2.41. The fraction of sp³-hybridized carbons (Fsp3) is 0.929. The van der Waals surface area contributed by atoms with Crippen molar-refractivity contribution in [3.63, 3.8) is 0 Å². The average Bonchev–Trinajstić information content (AvgIpc) is 2.28. The standard InChI is InChI=1S/C14H26N2O/c1-15-12-6-8-13(9-7-12)16-14(17)10-5-11-3-2-4-11/h11-13,15H,2-10H2,1H3,(H,16,17). The molecule has 3 nitrogen and oxygen atoms in total. The maximum Gasteiger partial charge on any atom is 0.220 e. The molecule has 2 fully saturated rings. The third-order valence-electron chi connectivity index (χ3n) is 4.50. The van der Waals surface area contributed by atoms with E-state index in [1.54, 1.807) is 0 Å². The first-order chi connectivity index (χ1) is 8.28. The number of carbonyl (C=O) groups excluding carboxylic acids is 1. The van der Waals surface area contributed by atoms with Crippen LogP contribution < -0.4 is 10.6 Å². The van der Waals surface area contributed by atoms with E-state index >= 15 is 0 Å². The van der Waals surface area contributed by atoms with Crippen LogP contribution in [0.3, 0.4) is 0 Å². The summed E-state index contributed by atoms with van der Waals surface area (Å²) in [7, 11) is 2.03. The second kappa shape index (κ2) is 6.39. The molecule has 0 bridgehead atoms. The lowest BCUT2D eigenvalue weighted by molar-refractivity contribution is -0.122. The van der Waals surface area contributed by atoms with Gasteiger partial charge in [-0.15, -0.1) is 0 Å². The third-order valence-corrected chi connectivity index (χ3v) is 4.50. The van der Waals surface area contributed by atoms with Crippen LogP contribution in [0.4, 0.5) is 0 Å². The van der Waals surface area contributed by atoms with E-state index in [1.165, 1.54) is 32.1 Å². The molecule has 2 aliphatic rings. The number of hydrogen-bond donors (Lipinski definition) is 2. The molecule has 2 rings (SSSR count). The van der Waals surface area contributed by atoms with E-state index in [2.05, 4.69) is 10.6 Å². The third kappa shape index (κ3) is 3.98. The highest BCUT2D eigenvalue weighted by Gasteiger charge is 2.22. The Bertz CT molecular complexity index is 243. The molecule has 2 saturated carbocycles. The Kier molecular flexibility index (Phi) is 4.84. The van der Waals surface area contributed by atoms with Crippen LogP contribution in [0.5, 0.6) is 0 Å². The lowest BCUT2D eigenvalue weighted by Gasteiger charge is -2.29. The first-order valence-electron chi connectivity index (χ1n) is 7.24. The molecule has 0 heterocycles. The largest absolute Gasteiger partial charge is 0.353 e. The summed E-state index contributed by atoms with van der Waals surface area (Å²) in [5, 5.41) is 6.52. The van der Waals surface area contributed by atoms with Gasteiger partial charge in [0.2, 0.25) is 5.91 Å². The Morgan fingerprint density at radius 2 is 1.71 bits per heavy atom. The number of hydrogen-bond acceptors (Lipinski definition) is 2. The van der Waals surface area contributed by atoms with Gasteiger partial charge in [-0.3, -0.25) is 4.79 Å². The molecule has 1 amide bonds. The van der Waals surface area contributed by atoms with Crippen LogP contribution in [-0.4, -0.2) is 25.0 Å². The van der Waals surface area contributed by atoms with Gasteiger partial charge in [-0.2, -0.15) is 0 Å². The fourth-order valence-corrected chi connectivity index (χ4v) is 2.94. The van der Waals surface area contributed by atoms with Gasteiger partial charge in [-0.25, -0.2) is 0 Å². The van der Waals surface area contributed by atoms with Gasteiger partial charge in [-0.05, 0) is 45.1 Å². The fourth-order valence-electron chi connectivity index (χ4n) is 2.94. The van der Waals surface area contributed by atoms with Crippen LogP contribution in [0.2, 0.25) is 0 Å². The van der Waals surface area contributed by atoms with Gasteiger partial charge < -0.3 is 10.6 Å². The van der Waals surface area contributed by atoms with E-state index in [0.717, 1.165) is 31.6 Å². The zero-order chi connectivity index (χ0) is 12.1. The Morgan fingerprint density at radius 3 is 2.24 bits per heavy atom. The second-order valence-corrected chi connectivity index (χ2v) is 5.74. The number of rotatable bonds is 5. The van der Waals surface area contributed by atoms with Crippen molar-refractivity contribution < 1.29 is 4.79 Å². The molecule has 0 atom stereocenters. The predicted octanol–water partition coefficient (Wildman–Crippen LogP) is 2.21. The normalized spacial score (nSPS) is 29.7. The highest BCUT2D eigenvalue weighted by Crippen LogP contribution is 2.30. The van der Waals surface area contributed by atoms with Crippen LogP contribution in [0.1, 0.15) is 57.8 Å². The summed E-state index contributed by atoms with van der Waals surface area (Å²) in [5.74, 6) is 1.13. The predicted molar refractivity (Wildman–Crippen MR) is 69.8 cm³/mol. The van der Waals surface area contributed by atoms with Gasteiger partial charge in [-0.1, -0.05) is 19.3 Å². The molecule has 98 valence electrons. The molecule has 0 aliphatic heterocycles. The number of amides is 1. The van der Waals surface area contributed by atoms with Crippen molar-refractivity contribution in [3.05, 3.63) is 0 Å². The monoisotopic (exact) mass is 238 g/mol. The van der Waals surface area contributed by atoms with Crippen molar-refractivity contribution in [1.29, 1.82) is 0 Å². The van der Waals surface area contributed by atoms with Gasteiger partial charge in [0.15, 0.2) is 0 Å². The van der Waals surface area contributed by atoms with Crippen LogP contribution in [0.15, 0.2) is 0 Å². The van der Waals surface area contributed by atoms with Crippen molar-refractivity contribution in [2.75, 3.05) is 7.05 Å². The first kappa shape index (κ1) is 12.9. The van der Waals surface area contributed by atoms with Gasteiger partial charge in [0.25, 0.3) is 0 Å². The van der Waals surface area contributed by atoms with E-state index in [0.29, 0.717) is 12.1 Å². The van der Waals surface area contributed by atoms with Crippen LogP contribution in [0.25, 0.3) is 0 Å². The zero-order valence-corrected chi connectivity index (χ0v) is 11.0. The van der Waals surface area contributed by atoms with Crippen molar-refractivity contribution in [2.24, 2.45) is 5.92 Å². The van der Waals surface area contributed by atoms with E-state index in [4.69, 9.17) is 0 Å². The van der Waals surface area contributed by atoms with E-state index < -0.39 is 0 Å². The van der Waals surface area contributed by atoms with E-state index in [1.807, 2.05) is 7.05 Å². The maximum atomic E-state index is 11.8. The van der Waals surface area contributed by atoms with Crippen molar-refractivity contribution in [2.45, 2.75) is 69.9 Å². The summed E-state index contributed by atoms with van der Waals surface area (Å²) in [6.45, 7) is 0. The van der Waals surface area contributed by atoms with E-state index in [-0.39, 0.29) is 5.91 Å². The molecule has 2 N–H and O–H groups in total. The molecule has 0 aromatic carbocycles. The van der Waals surface area contributed by atoms with Crippen molar-refractivity contribution in [3.8, 4) is 0 Å². The Balaban J connectivity index is 1.58. The number of nitrogens with one attached hydrogen (secondary N) is 2. The molecule has 3 heteroatoms. The van der Waals surface area contributed by atoms with Gasteiger partial charge in [0.05, 0.1) is 0 Å². The molecule has 0 unspecified atom stereocenters. The molecule has 2 aliphatic carbocycles. The summed E-state index contributed by atoms with van der Waals surface area (Å²) < 4.78 is 0. The summed E-state index contributed by atoms with van der Waals surface area (Å²) in [4.78, 5) is 11.8. The van der Waals surface area contributed by atoms with Crippen molar-refractivity contribution in [1.82, 2.24) is 10.6 Å². The maximum absolute atomic E-state index is 11.8. The minimum absolute atomic E-state index is 0.282. The molecule has 17 heavy (non-hydrogen) atoms. The second-order valence-electron chi connectivity index (χ2n) is 5.74. The van der Waals surface area contributed by atoms with E-state index in [9.17, 15) is 4.79 Å². The molecular formula is C14H26N2O. The van der Waals surface area contributed by atoms with Crippen LogP contribution in [-0.2, 0) is 4.79 Å². The highest BCUT2D eigenvalue weighted by molar-refractivity contribution is 5.76. The Morgan fingerprint density at radius 1 is 1.06 bits per heavy atom. The van der Waals surface area contributed by atoms with Crippen molar-refractivity contribution >= 4 is 5.91 Å². The smallest absolute Gasteiger partial charge is 0.220 e. The molecular weight excluding hydrogens is 212 g/mol. The summed E-state index contributed by atoms with van der Waals surface area (Å²) >= 11 is 0. The summed E-state index contributed by atoms with van der Waals surface area (Å²) in [6, 6.07) is 1.10. The molecule has 0 radical (unpaired) electrons. The molecule has 0 saturated heterocycles. The van der Waals surface area contributed by atoms with Crippen LogP contribution in [0, 0.1) is 5.92 Å². The summed E-state index contributed by atoms with van der Waals surface area (Å²) in [6.07, 6.45) is 10.6. The Labute approximate surface area is 105 Å². The van der Waals surface area contributed by atoms with Gasteiger partial charge in [0.1, 0.15) is 0 Å². The minimum Gasteiger partial charge on any atom is -0.353 e. The average molecular weight is 238 g/mol. The minimum atomic E-state index is 0.282. The van der Waals surface area contributed by atoms with Crippen LogP contribution >= 0.6 is 0 Å². The molecule has 0 aromatic heterocycles. The van der Waals surface area contributed by atoms with Gasteiger partial charge >= 0.3 is 0 Å². The quantitative estimate of drug-likeness (QED) is 0.771. The molecule has 0 spiro atoms. The number of carbonyl (C=O) groups is 1. The zero-order valence-electron chi connectivity index (χ0n) is 11.0. The SMILES string of the molecule is CNC1CCC(NC(=O)CCC2CCC2)CC1. The lowest BCUT2D eigenvalue weighted by atomic mass is 9.82. The Hall–Kier alpha value is -0.570. The highest BCUT2D eigenvalue weighted by atomic mass is 16.1. The van der Waals surface area contributed by atoms with Gasteiger partial charge in [0, 0.05) is 18.5 Å². The first-order valence-corrected chi connectivity index (χ1v) is 7.24. The summed E-state index contributed by atoms with van der Waals surface area (Å²) in [5.41, 5.74) is 0. The topological polar surface area (TPSA) is 41.1 Å². The molecule has 0 aromatic rings.